The van der Waals surface area contributed by atoms with Crippen molar-refractivity contribution in [1.82, 2.24) is 9.88 Å². The van der Waals surface area contributed by atoms with Gasteiger partial charge in [-0.15, -0.1) is 0 Å². The van der Waals surface area contributed by atoms with Crippen molar-refractivity contribution >= 4 is 27.8 Å². The fourth-order valence-corrected chi connectivity index (χ4v) is 1.99. The van der Waals surface area contributed by atoms with E-state index in [1.165, 1.54) is 0 Å². The highest BCUT2D eigenvalue weighted by atomic mass is 79.9. The average molecular weight is 317 g/mol. The Morgan fingerprint density at radius 1 is 1.50 bits per heavy atom. The SMILES string of the molecule is CCOC(=O)[C@@H](C)NC(=O)c1cc(Br)cn1CC. The van der Waals surface area contributed by atoms with Crippen LogP contribution in [0.5, 0.6) is 0 Å². The third kappa shape index (κ3) is 3.60. The lowest BCUT2D eigenvalue weighted by atomic mass is 10.3. The van der Waals surface area contributed by atoms with E-state index in [-0.39, 0.29) is 5.91 Å². The molecule has 0 saturated heterocycles. The first-order valence-corrected chi connectivity index (χ1v) is 6.62. The molecule has 0 aliphatic carbocycles. The van der Waals surface area contributed by atoms with Gasteiger partial charge in [0.25, 0.3) is 5.91 Å². The van der Waals surface area contributed by atoms with Crippen LogP contribution in [0.3, 0.4) is 0 Å². The lowest BCUT2D eigenvalue weighted by molar-refractivity contribution is -0.144. The Balaban J connectivity index is 2.73. The van der Waals surface area contributed by atoms with Gasteiger partial charge in [-0.2, -0.15) is 0 Å². The summed E-state index contributed by atoms with van der Waals surface area (Å²) in [5.41, 5.74) is 0.514. The highest BCUT2D eigenvalue weighted by Crippen LogP contribution is 2.15. The lowest BCUT2D eigenvalue weighted by Gasteiger charge is -2.13. The first kappa shape index (κ1) is 14.8. The first-order chi connectivity index (χ1) is 8.49. The van der Waals surface area contributed by atoms with E-state index in [4.69, 9.17) is 4.74 Å². The van der Waals surface area contributed by atoms with E-state index < -0.39 is 12.0 Å². The van der Waals surface area contributed by atoms with Gasteiger partial charge in [-0.3, -0.25) is 4.79 Å². The monoisotopic (exact) mass is 316 g/mol. The van der Waals surface area contributed by atoms with Crippen molar-refractivity contribution in [3.05, 3.63) is 22.4 Å². The molecule has 1 aromatic rings. The molecule has 1 amide bonds. The van der Waals surface area contributed by atoms with Crippen molar-refractivity contribution in [2.24, 2.45) is 0 Å². The summed E-state index contributed by atoms with van der Waals surface area (Å²) in [6.07, 6.45) is 1.82. The number of aryl methyl sites for hydroxylation is 1. The van der Waals surface area contributed by atoms with Crippen molar-refractivity contribution < 1.29 is 14.3 Å². The van der Waals surface area contributed by atoms with E-state index in [1.807, 2.05) is 13.1 Å². The molecule has 6 heteroatoms. The second-order valence-electron chi connectivity index (χ2n) is 3.78. The summed E-state index contributed by atoms with van der Waals surface area (Å²) in [6.45, 7) is 6.26. The smallest absolute Gasteiger partial charge is 0.328 e. The summed E-state index contributed by atoms with van der Waals surface area (Å²) < 4.78 is 7.47. The van der Waals surface area contributed by atoms with E-state index in [9.17, 15) is 9.59 Å². The third-order valence-electron chi connectivity index (χ3n) is 2.42. The molecule has 0 saturated carbocycles. The zero-order chi connectivity index (χ0) is 13.7. The molecule has 0 aromatic carbocycles. The number of hydrogen-bond acceptors (Lipinski definition) is 3. The van der Waals surface area contributed by atoms with Gasteiger partial charge in [0.15, 0.2) is 0 Å². The van der Waals surface area contributed by atoms with Crippen LogP contribution < -0.4 is 5.32 Å². The van der Waals surface area contributed by atoms with Crippen LogP contribution in [0.4, 0.5) is 0 Å². The topological polar surface area (TPSA) is 60.3 Å². The van der Waals surface area contributed by atoms with Gasteiger partial charge in [0.2, 0.25) is 0 Å². The Kier molecular flexibility index (Phi) is 5.40. The molecule has 0 fully saturated rings. The first-order valence-electron chi connectivity index (χ1n) is 5.82. The minimum absolute atomic E-state index is 0.289. The Labute approximate surface area is 115 Å². The Morgan fingerprint density at radius 3 is 2.72 bits per heavy atom. The number of nitrogens with one attached hydrogen (secondary N) is 1. The number of halogens is 1. The van der Waals surface area contributed by atoms with Gasteiger partial charge in [-0.25, -0.2) is 4.79 Å². The molecule has 1 N–H and O–H groups in total. The normalized spacial score (nSPS) is 12.0. The van der Waals surface area contributed by atoms with Crippen molar-refractivity contribution in [2.75, 3.05) is 6.61 Å². The molecule has 5 nitrogen and oxygen atoms in total. The largest absolute Gasteiger partial charge is 0.464 e. The van der Waals surface area contributed by atoms with E-state index >= 15 is 0 Å². The number of hydrogen-bond donors (Lipinski definition) is 1. The van der Waals surface area contributed by atoms with Crippen LogP contribution in [0.2, 0.25) is 0 Å². The summed E-state index contributed by atoms with van der Waals surface area (Å²) in [5, 5.41) is 2.61. The molecule has 0 aliphatic rings. The van der Waals surface area contributed by atoms with E-state index in [0.717, 1.165) is 4.47 Å². The van der Waals surface area contributed by atoms with Crippen LogP contribution in [0.25, 0.3) is 0 Å². The third-order valence-corrected chi connectivity index (χ3v) is 2.86. The van der Waals surface area contributed by atoms with E-state index in [2.05, 4.69) is 21.2 Å². The zero-order valence-electron chi connectivity index (χ0n) is 10.7. The molecule has 0 aliphatic heterocycles. The van der Waals surface area contributed by atoms with Crippen molar-refractivity contribution in [3.63, 3.8) is 0 Å². The maximum Gasteiger partial charge on any atom is 0.328 e. The predicted octanol–water partition coefficient (Wildman–Crippen LogP) is 1.95. The summed E-state index contributed by atoms with van der Waals surface area (Å²) in [7, 11) is 0. The second kappa shape index (κ2) is 6.58. The average Bonchev–Trinajstić information content (AvgIpc) is 2.70. The fourth-order valence-electron chi connectivity index (χ4n) is 1.52. The number of carbonyl (C=O) groups excluding carboxylic acids is 2. The van der Waals surface area contributed by atoms with Gasteiger partial charge < -0.3 is 14.6 Å². The molecular weight excluding hydrogens is 300 g/mol. The van der Waals surface area contributed by atoms with Crippen LogP contribution in [0, 0.1) is 0 Å². The van der Waals surface area contributed by atoms with Gasteiger partial charge in [-0.05, 0) is 42.8 Å². The summed E-state index contributed by atoms with van der Waals surface area (Å²) in [6, 6.07) is 1.06. The number of nitrogens with zero attached hydrogens (tertiary/aromatic N) is 1. The summed E-state index contributed by atoms with van der Waals surface area (Å²) in [5.74, 6) is -0.720. The zero-order valence-corrected chi connectivity index (χ0v) is 12.3. The van der Waals surface area contributed by atoms with Crippen molar-refractivity contribution in [3.8, 4) is 0 Å². The van der Waals surface area contributed by atoms with Crippen LogP contribution in [0.1, 0.15) is 31.3 Å². The number of rotatable bonds is 5. The minimum Gasteiger partial charge on any atom is -0.464 e. The van der Waals surface area contributed by atoms with Crippen molar-refractivity contribution in [2.45, 2.75) is 33.4 Å². The molecule has 18 heavy (non-hydrogen) atoms. The molecule has 1 atom stereocenters. The molecule has 100 valence electrons. The molecule has 1 rings (SSSR count). The molecule has 1 heterocycles. The molecule has 0 radical (unpaired) electrons. The molecule has 1 aromatic heterocycles. The number of esters is 1. The van der Waals surface area contributed by atoms with Crippen LogP contribution in [-0.4, -0.2) is 29.1 Å². The number of amides is 1. The summed E-state index contributed by atoms with van der Waals surface area (Å²) >= 11 is 3.32. The molecular formula is C12H17BrN2O3. The van der Waals surface area contributed by atoms with Gasteiger partial charge in [0, 0.05) is 17.2 Å². The van der Waals surface area contributed by atoms with Crippen LogP contribution in [0.15, 0.2) is 16.7 Å². The maximum atomic E-state index is 12.0. The van der Waals surface area contributed by atoms with Crippen molar-refractivity contribution in [1.29, 1.82) is 0 Å². The molecule has 0 spiro atoms. The lowest BCUT2D eigenvalue weighted by Crippen LogP contribution is -2.40. The molecule has 0 bridgehead atoms. The number of aromatic nitrogens is 1. The highest BCUT2D eigenvalue weighted by molar-refractivity contribution is 9.10. The van der Waals surface area contributed by atoms with E-state index in [1.54, 1.807) is 24.5 Å². The van der Waals surface area contributed by atoms with Gasteiger partial charge in [-0.1, -0.05) is 0 Å². The Morgan fingerprint density at radius 2 is 2.17 bits per heavy atom. The number of carbonyl (C=O) groups is 2. The highest BCUT2D eigenvalue weighted by Gasteiger charge is 2.19. The second-order valence-corrected chi connectivity index (χ2v) is 4.69. The standard InChI is InChI=1S/C12H17BrN2O3/c1-4-15-7-9(13)6-10(15)11(16)14-8(3)12(17)18-5-2/h6-8H,4-5H2,1-3H3,(H,14,16)/t8-/m1/s1. The minimum atomic E-state index is -0.656. The Bertz CT molecular complexity index is 443. The summed E-state index contributed by atoms with van der Waals surface area (Å²) in [4.78, 5) is 23.4. The van der Waals surface area contributed by atoms with Gasteiger partial charge in [0.1, 0.15) is 11.7 Å². The molecule has 0 unspecified atom stereocenters. The number of ether oxygens (including phenoxy) is 1. The quantitative estimate of drug-likeness (QED) is 0.845. The van der Waals surface area contributed by atoms with Gasteiger partial charge >= 0.3 is 5.97 Å². The van der Waals surface area contributed by atoms with Gasteiger partial charge in [0.05, 0.1) is 6.61 Å². The van der Waals surface area contributed by atoms with Crippen LogP contribution in [-0.2, 0) is 16.1 Å². The Hall–Kier alpha value is -1.30. The van der Waals surface area contributed by atoms with Crippen LogP contribution >= 0.6 is 15.9 Å². The predicted molar refractivity (Wildman–Crippen MR) is 71.4 cm³/mol. The maximum absolute atomic E-state index is 12.0. The van der Waals surface area contributed by atoms with E-state index in [0.29, 0.717) is 18.8 Å². The fraction of sp³-hybridized carbons (Fsp3) is 0.500.